The normalized spacial score (nSPS) is 17.0. The first-order chi connectivity index (χ1) is 10.7. The molecule has 1 aromatic carbocycles. The average Bonchev–Trinajstić information content (AvgIpc) is 2.41. The van der Waals surface area contributed by atoms with Gasteiger partial charge in [-0.05, 0) is 30.0 Å². The zero-order chi connectivity index (χ0) is 17.2. The number of hydrogen-bond donors (Lipinski definition) is 5. The van der Waals surface area contributed by atoms with Crippen molar-refractivity contribution in [1.29, 1.82) is 0 Å². The first-order valence-electron chi connectivity index (χ1n) is 6.94. The minimum atomic E-state index is -4.58. The molecule has 2 rings (SSSR count). The molecule has 0 radical (unpaired) electrons. The first-order valence-corrected chi connectivity index (χ1v) is 8.55. The maximum absolute atomic E-state index is 11.5. The Labute approximate surface area is 133 Å². The smallest absolute Gasteiger partial charge is 0.427 e. The lowest BCUT2D eigenvalue weighted by Crippen LogP contribution is -2.20. The number of allylic oxidation sites excluding steroid dienone is 3. The van der Waals surface area contributed by atoms with Crippen LogP contribution in [0.5, 0.6) is 5.75 Å². The summed E-state index contributed by atoms with van der Waals surface area (Å²) in [4.78, 5) is 29.7. The van der Waals surface area contributed by atoms with Crippen molar-refractivity contribution < 1.29 is 29.4 Å². The van der Waals surface area contributed by atoms with Crippen LogP contribution in [0.15, 0.2) is 47.4 Å². The van der Waals surface area contributed by atoms with E-state index in [1.165, 1.54) is 12.1 Å². The van der Waals surface area contributed by atoms with Gasteiger partial charge in [0.25, 0.3) is 0 Å². The molecule has 7 nitrogen and oxygen atoms in total. The van der Waals surface area contributed by atoms with E-state index < -0.39 is 13.5 Å². The molecule has 8 heteroatoms. The van der Waals surface area contributed by atoms with E-state index in [4.69, 9.17) is 9.79 Å². The number of carbonyl (C=O) groups excluding carboxylic acids is 1. The summed E-state index contributed by atoms with van der Waals surface area (Å²) in [6.07, 6.45) is 1.14. The maximum Gasteiger partial charge on any atom is 0.427 e. The highest BCUT2D eigenvalue weighted by atomic mass is 31.2. The Kier molecular flexibility index (Phi) is 4.94. The minimum absolute atomic E-state index is 0.0361. The highest BCUT2D eigenvalue weighted by molar-refractivity contribution is 7.49. The van der Waals surface area contributed by atoms with E-state index in [2.05, 4.69) is 0 Å². The van der Waals surface area contributed by atoms with Crippen molar-refractivity contribution in [3.05, 3.63) is 52.9 Å². The molecule has 1 atom stereocenters. The average molecular weight is 339 g/mol. The van der Waals surface area contributed by atoms with Crippen LogP contribution in [-0.2, 0) is 9.36 Å². The molecule has 0 aliphatic heterocycles. The summed E-state index contributed by atoms with van der Waals surface area (Å²) >= 11 is 0. The third-order valence-electron chi connectivity index (χ3n) is 3.58. The summed E-state index contributed by atoms with van der Waals surface area (Å²) < 4.78 is 11.2. The van der Waals surface area contributed by atoms with Crippen molar-refractivity contribution in [2.24, 2.45) is 0 Å². The van der Waals surface area contributed by atoms with Crippen LogP contribution in [0.25, 0.3) is 0 Å². The van der Waals surface area contributed by atoms with E-state index in [0.29, 0.717) is 5.57 Å². The van der Waals surface area contributed by atoms with Gasteiger partial charge in [-0.25, -0.2) is 4.57 Å². The van der Waals surface area contributed by atoms with Gasteiger partial charge < -0.3 is 20.0 Å². The van der Waals surface area contributed by atoms with Gasteiger partial charge in [0.1, 0.15) is 11.5 Å². The number of aromatic hydroxyl groups is 1. The van der Waals surface area contributed by atoms with E-state index in [1.54, 1.807) is 12.1 Å². The zero-order valence-electron chi connectivity index (χ0n) is 12.4. The minimum Gasteiger partial charge on any atom is -0.508 e. The maximum atomic E-state index is 11.5. The Morgan fingerprint density at radius 1 is 1.22 bits per heavy atom. The van der Waals surface area contributed by atoms with Crippen LogP contribution in [0, 0.1) is 0 Å². The molecular weight excluding hydrogens is 321 g/mol. The highest BCUT2D eigenvalue weighted by Crippen LogP contribution is 2.37. The lowest BCUT2D eigenvalue weighted by Gasteiger charge is -2.22. The van der Waals surface area contributed by atoms with Gasteiger partial charge in [0.05, 0.1) is 6.42 Å². The Balaban J connectivity index is 2.30. The van der Waals surface area contributed by atoms with Crippen LogP contribution < -0.4 is 5.09 Å². The number of phenols is 1. The van der Waals surface area contributed by atoms with Crippen LogP contribution in [0.3, 0.4) is 0 Å². The van der Waals surface area contributed by atoms with Crippen molar-refractivity contribution in [3.8, 4) is 5.75 Å². The Bertz CT molecular complexity index is 716. The van der Waals surface area contributed by atoms with E-state index in [0.717, 1.165) is 11.6 Å². The van der Waals surface area contributed by atoms with Crippen molar-refractivity contribution in [1.82, 2.24) is 5.09 Å². The van der Waals surface area contributed by atoms with Gasteiger partial charge in [0.15, 0.2) is 5.78 Å². The second kappa shape index (κ2) is 6.58. The summed E-state index contributed by atoms with van der Waals surface area (Å²) in [6.45, 7) is 1.87. The zero-order valence-corrected chi connectivity index (χ0v) is 13.3. The van der Waals surface area contributed by atoms with Gasteiger partial charge in [0.2, 0.25) is 0 Å². The molecule has 0 aromatic heterocycles. The molecule has 1 unspecified atom stereocenters. The lowest BCUT2D eigenvalue weighted by atomic mass is 9.89. The molecule has 5 N–H and O–H groups in total. The molecule has 0 amide bonds. The van der Waals surface area contributed by atoms with Crippen LogP contribution in [0.2, 0.25) is 0 Å². The number of nitrogens with one attached hydrogen (secondary N) is 1. The molecule has 0 bridgehead atoms. The van der Waals surface area contributed by atoms with Crippen molar-refractivity contribution in [2.45, 2.75) is 25.7 Å². The number of rotatable bonds is 5. The van der Waals surface area contributed by atoms with Gasteiger partial charge >= 0.3 is 7.75 Å². The fourth-order valence-corrected chi connectivity index (χ4v) is 3.03. The lowest BCUT2D eigenvalue weighted by molar-refractivity contribution is -0.114. The van der Waals surface area contributed by atoms with E-state index in [9.17, 15) is 19.6 Å². The Morgan fingerprint density at radius 2 is 1.83 bits per heavy atom. The molecule has 0 saturated carbocycles. The Hall–Kier alpha value is -2.08. The van der Waals surface area contributed by atoms with Crippen LogP contribution >= 0.6 is 7.75 Å². The molecule has 1 aromatic rings. The van der Waals surface area contributed by atoms with Gasteiger partial charge in [-0.3, -0.25) is 9.88 Å². The van der Waals surface area contributed by atoms with E-state index in [-0.39, 0.29) is 36.0 Å². The standard InChI is InChI=1S/C15H18NO6P/c1-9(10-2-4-11(17)5-3-10)6-13-14(16-23(20,21)22)7-12(18)8-15(13)19/h2-5,8-9,17,19H,6-7H2,1H3,(H3,16,20,21,22). The molecule has 1 aliphatic rings. The van der Waals surface area contributed by atoms with Crippen LogP contribution in [0.4, 0.5) is 0 Å². The van der Waals surface area contributed by atoms with Gasteiger partial charge in [-0.1, -0.05) is 19.1 Å². The summed E-state index contributed by atoms with van der Waals surface area (Å²) in [5, 5.41) is 21.3. The molecule has 124 valence electrons. The van der Waals surface area contributed by atoms with Crippen molar-refractivity contribution in [2.75, 3.05) is 0 Å². The molecule has 0 fully saturated rings. The van der Waals surface area contributed by atoms with Crippen LogP contribution in [0.1, 0.15) is 31.2 Å². The number of phenolic OH excluding ortho intramolecular Hbond substituents is 1. The number of hydrogen-bond acceptors (Lipinski definition) is 4. The van der Waals surface area contributed by atoms with Gasteiger partial charge in [0, 0.05) is 17.3 Å². The van der Waals surface area contributed by atoms with Gasteiger partial charge in [-0.2, -0.15) is 0 Å². The summed E-state index contributed by atoms with van der Waals surface area (Å²) in [6, 6.07) is 6.53. The summed E-state index contributed by atoms with van der Waals surface area (Å²) in [5.41, 5.74) is 1.22. The highest BCUT2D eigenvalue weighted by Gasteiger charge is 2.26. The third kappa shape index (κ3) is 4.69. The first kappa shape index (κ1) is 17.3. The second-order valence-corrected chi connectivity index (χ2v) is 6.79. The summed E-state index contributed by atoms with van der Waals surface area (Å²) in [5.74, 6) is -0.680. The number of carbonyl (C=O) groups is 1. The number of ketones is 1. The second-order valence-electron chi connectivity index (χ2n) is 5.48. The van der Waals surface area contributed by atoms with E-state index in [1.807, 2.05) is 12.0 Å². The van der Waals surface area contributed by atoms with E-state index >= 15 is 0 Å². The predicted octanol–water partition coefficient (Wildman–Crippen LogP) is 2.24. The molecule has 1 aliphatic carbocycles. The monoisotopic (exact) mass is 339 g/mol. The number of aliphatic hydroxyl groups is 1. The van der Waals surface area contributed by atoms with Crippen molar-refractivity contribution in [3.63, 3.8) is 0 Å². The predicted molar refractivity (Wildman–Crippen MR) is 83.7 cm³/mol. The molecule has 23 heavy (non-hydrogen) atoms. The van der Waals surface area contributed by atoms with Crippen molar-refractivity contribution >= 4 is 13.5 Å². The molecule has 0 heterocycles. The number of benzene rings is 1. The fraction of sp³-hybridized carbons (Fsp3) is 0.267. The SMILES string of the molecule is CC(CC1=C(NP(=O)(O)O)CC(=O)C=C1O)c1ccc(O)cc1. The fourth-order valence-electron chi connectivity index (χ4n) is 2.46. The number of aliphatic hydroxyl groups excluding tert-OH is 1. The molecule has 0 spiro atoms. The largest absolute Gasteiger partial charge is 0.508 e. The molecular formula is C15H18NO6P. The Morgan fingerprint density at radius 3 is 2.39 bits per heavy atom. The quantitative estimate of drug-likeness (QED) is 0.521. The summed E-state index contributed by atoms with van der Waals surface area (Å²) in [7, 11) is -4.58. The molecule has 0 saturated heterocycles. The van der Waals surface area contributed by atoms with Crippen LogP contribution in [-0.4, -0.2) is 25.8 Å². The third-order valence-corrected chi connectivity index (χ3v) is 4.14. The van der Waals surface area contributed by atoms with Gasteiger partial charge in [-0.15, -0.1) is 0 Å². The topological polar surface area (TPSA) is 127 Å².